The van der Waals surface area contributed by atoms with E-state index < -0.39 is 6.09 Å². The van der Waals surface area contributed by atoms with Gasteiger partial charge in [-0.25, -0.2) is 9.59 Å². The van der Waals surface area contributed by atoms with Gasteiger partial charge in [-0.1, -0.05) is 4.99 Å². The maximum absolute atomic E-state index is 9.17. The molecule has 0 aliphatic rings. The van der Waals surface area contributed by atoms with Crippen molar-refractivity contribution in [2.24, 2.45) is 4.99 Å². The van der Waals surface area contributed by atoms with Crippen LogP contribution in [0.15, 0.2) is 4.99 Å². The van der Waals surface area contributed by atoms with E-state index in [0.717, 1.165) is 6.08 Å². The first-order valence-corrected chi connectivity index (χ1v) is 1.08. The van der Waals surface area contributed by atoms with Gasteiger partial charge in [0.25, 0.3) is 0 Å². The molecule has 0 unspecified atom stereocenters. The molecule has 0 saturated heterocycles. The number of rotatable bonds is 0. The number of carbonyl (C=O) groups is 1. The Balaban J connectivity index is 3.60. The molecule has 0 aromatic heterocycles. The Morgan fingerprint density at radius 1 is 1.83 bits per heavy atom. The molecule has 0 radical (unpaired) electrons. The zero-order valence-electron chi connectivity index (χ0n) is 2.71. The second-order valence-corrected chi connectivity index (χ2v) is 0.486. The van der Waals surface area contributed by atoms with Crippen LogP contribution >= 0.6 is 0 Å². The summed E-state index contributed by atoms with van der Waals surface area (Å²) in [6.45, 7) is 0. The first-order valence-electron chi connectivity index (χ1n) is 1.08. The summed E-state index contributed by atoms with van der Waals surface area (Å²) in [5.41, 5.74) is 0. The number of isocyanates is 1. The zero-order chi connectivity index (χ0) is 4.99. The molecular weight excluding hydrogens is 86.0 g/mol. The van der Waals surface area contributed by atoms with E-state index in [-0.39, 0.29) is 0 Å². The van der Waals surface area contributed by atoms with Gasteiger partial charge in [-0.05, 0) is 0 Å². The summed E-state index contributed by atoms with van der Waals surface area (Å²) in [5.74, 6) is 0. The second kappa shape index (κ2) is 2.11. The molecule has 0 spiro atoms. The van der Waals surface area contributed by atoms with Gasteiger partial charge in [0.05, 0.1) is 0 Å². The van der Waals surface area contributed by atoms with Gasteiger partial charge in [0.15, 0.2) is 0 Å². The number of hydrogen-bond acceptors (Lipinski definition) is 2. The molecule has 0 bridgehead atoms. The molecule has 32 valence electrons. The molecule has 0 aliphatic heterocycles. The molecule has 0 aromatic rings. The number of aliphatic imine (C=N–C) groups is 1. The molecular formula is C2HNO3. The maximum atomic E-state index is 9.17. The van der Waals surface area contributed by atoms with Crippen LogP contribution in [0.5, 0.6) is 0 Å². The number of amides is 1. The average molecular weight is 87.0 g/mol. The van der Waals surface area contributed by atoms with Crippen LogP contribution in [0.4, 0.5) is 4.79 Å². The topological polar surface area (TPSA) is 66.7 Å². The molecule has 0 aromatic carbocycles. The molecule has 0 rings (SSSR count). The molecule has 1 N–H and O–H groups in total. The number of hydrogen-bond donors (Lipinski definition) is 1. The first kappa shape index (κ1) is 4.85. The smallest absolute Gasteiger partial charge is 0.442 e. The average Bonchev–Trinajstić information content (AvgIpc) is 1.35. The summed E-state index contributed by atoms with van der Waals surface area (Å²) < 4.78 is 0. The van der Waals surface area contributed by atoms with Crippen molar-refractivity contribution in [2.45, 2.75) is 0 Å². The number of nitrogens with zero attached hydrogens (tertiary/aromatic N) is 1. The Kier molecular flexibility index (Phi) is 1.71. The predicted octanol–water partition coefficient (Wildman–Crippen LogP) is 0.000200. The van der Waals surface area contributed by atoms with Crippen molar-refractivity contribution in [3.8, 4) is 0 Å². The molecule has 4 heteroatoms. The van der Waals surface area contributed by atoms with Crippen LogP contribution in [0.1, 0.15) is 0 Å². The largest absolute Gasteiger partial charge is 0.463 e. The van der Waals surface area contributed by atoms with Gasteiger partial charge in [-0.3, -0.25) is 0 Å². The summed E-state index contributed by atoms with van der Waals surface area (Å²) in [6, 6.07) is 0. The number of carbonyl (C=O) groups excluding carboxylic acids is 1. The lowest BCUT2D eigenvalue weighted by atomic mass is 11.2. The van der Waals surface area contributed by atoms with Crippen molar-refractivity contribution in [2.75, 3.05) is 0 Å². The molecule has 0 heterocycles. The summed E-state index contributed by atoms with van der Waals surface area (Å²) >= 11 is 0. The molecule has 6 heavy (non-hydrogen) atoms. The standard InChI is InChI=1S/C2HNO3/c4-1-3-2(5)6/h(H,5,6). The summed E-state index contributed by atoms with van der Waals surface area (Å²) in [5, 5.41) is 7.48. The van der Waals surface area contributed by atoms with Gasteiger partial charge in [-0.2, -0.15) is 0 Å². The summed E-state index contributed by atoms with van der Waals surface area (Å²) in [7, 11) is 0. The van der Waals surface area contributed by atoms with Gasteiger partial charge in [0.2, 0.25) is 6.08 Å². The molecule has 0 aliphatic carbocycles. The van der Waals surface area contributed by atoms with Gasteiger partial charge < -0.3 is 5.11 Å². The fraction of sp³-hybridized carbons (Fsp3) is 0. The van der Waals surface area contributed by atoms with Gasteiger partial charge in [0.1, 0.15) is 0 Å². The van der Waals surface area contributed by atoms with Crippen LogP contribution < -0.4 is 0 Å². The van der Waals surface area contributed by atoms with E-state index in [9.17, 15) is 4.79 Å². The highest BCUT2D eigenvalue weighted by Gasteiger charge is 1.80. The van der Waals surface area contributed by atoms with E-state index in [4.69, 9.17) is 9.90 Å². The van der Waals surface area contributed by atoms with E-state index in [2.05, 4.69) is 4.99 Å². The first-order chi connectivity index (χ1) is 2.77. The van der Waals surface area contributed by atoms with E-state index in [0.29, 0.717) is 0 Å². The van der Waals surface area contributed by atoms with Crippen LogP contribution in [0.25, 0.3) is 0 Å². The fourth-order valence-electron chi connectivity index (χ4n) is 0.0390. The maximum Gasteiger partial charge on any atom is 0.442 e. The third kappa shape index (κ3) is 2.85. The highest BCUT2D eigenvalue weighted by molar-refractivity contribution is 5.71. The minimum atomic E-state index is -1.51. The van der Waals surface area contributed by atoms with Crippen LogP contribution in [0.3, 0.4) is 0 Å². The van der Waals surface area contributed by atoms with Crippen LogP contribution in [0, 0.1) is 0 Å². The van der Waals surface area contributed by atoms with Crippen LogP contribution in [-0.2, 0) is 4.79 Å². The Hall–Kier alpha value is -1.15. The lowest BCUT2D eigenvalue weighted by Gasteiger charge is -1.62. The lowest BCUT2D eigenvalue weighted by Crippen LogP contribution is -1.80. The van der Waals surface area contributed by atoms with Crippen molar-refractivity contribution in [3.63, 3.8) is 0 Å². The Labute approximate surface area is 33.1 Å². The van der Waals surface area contributed by atoms with Crippen LogP contribution in [-0.4, -0.2) is 17.3 Å². The van der Waals surface area contributed by atoms with E-state index >= 15 is 0 Å². The van der Waals surface area contributed by atoms with Crippen LogP contribution in [0.2, 0.25) is 0 Å². The summed E-state index contributed by atoms with van der Waals surface area (Å²) in [6.07, 6.45) is -0.667. The fourth-order valence-corrected chi connectivity index (χ4v) is 0.0390. The van der Waals surface area contributed by atoms with E-state index in [1.165, 1.54) is 0 Å². The lowest BCUT2D eigenvalue weighted by molar-refractivity contribution is 0.205. The SMILES string of the molecule is O=C=NC(=O)O. The van der Waals surface area contributed by atoms with Crippen molar-refractivity contribution >= 4 is 12.2 Å². The molecule has 0 saturated carbocycles. The monoisotopic (exact) mass is 87.0 g/mol. The minimum Gasteiger partial charge on any atom is -0.463 e. The predicted molar refractivity (Wildman–Crippen MR) is 16.1 cm³/mol. The van der Waals surface area contributed by atoms with Crippen molar-refractivity contribution in [1.29, 1.82) is 0 Å². The number of carboxylic acid groups (broad SMARTS) is 1. The second-order valence-electron chi connectivity index (χ2n) is 0.486. The molecule has 0 atom stereocenters. The Morgan fingerprint density at radius 3 is 2.33 bits per heavy atom. The third-order valence-electron chi connectivity index (χ3n) is 0.141. The Morgan fingerprint density at radius 2 is 2.33 bits per heavy atom. The van der Waals surface area contributed by atoms with Gasteiger partial charge in [-0.15, -0.1) is 0 Å². The van der Waals surface area contributed by atoms with Gasteiger partial charge in [0, 0.05) is 0 Å². The van der Waals surface area contributed by atoms with Crippen molar-refractivity contribution in [3.05, 3.63) is 0 Å². The summed E-state index contributed by atoms with van der Waals surface area (Å²) in [4.78, 5) is 20.3. The Bertz CT molecular complexity index is 101. The third-order valence-corrected chi connectivity index (χ3v) is 0.141. The normalized spacial score (nSPS) is 6.00. The quantitative estimate of drug-likeness (QED) is 0.334. The minimum absolute atomic E-state index is 0.843. The van der Waals surface area contributed by atoms with Crippen molar-refractivity contribution < 1.29 is 14.7 Å². The van der Waals surface area contributed by atoms with E-state index in [1.807, 2.05) is 0 Å². The van der Waals surface area contributed by atoms with Gasteiger partial charge >= 0.3 is 6.09 Å². The molecule has 4 nitrogen and oxygen atoms in total. The zero-order valence-corrected chi connectivity index (χ0v) is 2.71. The van der Waals surface area contributed by atoms with E-state index in [1.54, 1.807) is 0 Å². The molecule has 0 fully saturated rings. The highest BCUT2D eigenvalue weighted by Crippen LogP contribution is 1.60. The van der Waals surface area contributed by atoms with Crippen molar-refractivity contribution in [1.82, 2.24) is 0 Å². The molecule has 1 amide bonds. The highest BCUT2D eigenvalue weighted by atomic mass is 16.4.